The molecule has 0 spiro atoms. The van der Waals surface area contributed by atoms with E-state index in [0.717, 1.165) is 37.7 Å². The molecule has 1 fully saturated rings. The largest absolute Gasteiger partial charge is 0.299 e. The molecule has 21 heavy (non-hydrogen) atoms. The molecule has 1 saturated carbocycles. The molecule has 0 aliphatic heterocycles. The second-order valence-corrected chi connectivity index (χ2v) is 7.35. The molecule has 116 valence electrons. The SMILES string of the molecule is C=C(C)[C@@H]1CC(=O)[C@](C)(CCC2=CC(=O)CCC2)[C@@H](C)C1. The smallest absolute Gasteiger partial charge is 0.155 e. The Bertz CT molecular complexity index is 486. The molecule has 2 rings (SSSR count). The summed E-state index contributed by atoms with van der Waals surface area (Å²) in [6, 6.07) is 0. The van der Waals surface area contributed by atoms with Crippen molar-refractivity contribution in [3.8, 4) is 0 Å². The lowest BCUT2D eigenvalue weighted by molar-refractivity contribution is -0.135. The highest BCUT2D eigenvalue weighted by molar-refractivity contribution is 5.91. The van der Waals surface area contributed by atoms with Crippen LogP contribution in [0.2, 0.25) is 0 Å². The van der Waals surface area contributed by atoms with Crippen LogP contribution in [0, 0.1) is 17.3 Å². The van der Waals surface area contributed by atoms with Crippen molar-refractivity contribution < 1.29 is 9.59 Å². The van der Waals surface area contributed by atoms with Gasteiger partial charge >= 0.3 is 0 Å². The topological polar surface area (TPSA) is 34.1 Å². The van der Waals surface area contributed by atoms with Crippen LogP contribution in [0.3, 0.4) is 0 Å². The summed E-state index contributed by atoms with van der Waals surface area (Å²) in [5.41, 5.74) is 2.15. The van der Waals surface area contributed by atoms with Crippen LogP contribution in [-0.4, -0.2) is 11.6 Å². The van der Waals surface area contributed by atoms with Gasteiger partial charge in [-0.1, -0.05) is 31.6 Å². The molecule has 0 amide bonds. The van der Waals surface area contributed by atoms with Crippen LogP contribution >= 0.6 is 0 Å². The molecule has 0 N–H and O–H groups in total. The molecule has 0 radical (unpaired) electrons. The number of hydrogen-bond donors (Lipinski definition) is 0. The highest BCUT2D eigenvalue weighted by atomic mass is 16.1. The third-order valence-electron chi connectivity index (χ3n) is 5.74. The first-order chi connectivity index (χ1) is 9.83. The molecule has 0 unspecified atom stereocenters. The van der Waals surface area contributed by atoms with Crippen molar-refractivity contribution in [1.82, 2.24) is 0 Å². The van der Waals surface area contributed by atoms with Crippen molar-refractivity contribution in [2.24, 2.45) is 17.3 Å². The van der Waals surface area contributed by atoms with Gasteiger partial charge in [0.15, 0.2) is 5.78 Å². The molecule has 2 aliphatic rings. The molecule has 0 aromatic rings. The van der Waals surface area contributed by atoms with E-state index in [-0.39, 0.29) is 11.2 Å². The molecular weight excluding hydrogens is 260 g/mol. The minimum Gasteiger partial charge on any atom is -0.299 e. The quantitative estimate of drug-likeness (QED) is 0.706. The Morgan fingerprint density at radius 3 is 2.67 bits per heavy atom. The predicted molar refractivity (Wildman–Crippen MR) is 86.0 cm³/mol. The van der Waals surface area contributed by atoms with Crippen LogP contribution < -0.4 is 0 Å². The van der Waals surface area contributed by atoms with Crippen LogP contribution in [0.25, 0.3) is 0 Å². The van der Waals surface area contributed by atoms with Crippen LogP contribution in [-0.2, 0) is 9.59 Å². The molecule has 0 bridgehead atoms. The van der Waals surface area contributed by atoms with E-state index in [1.807, 2.05) is 13.0 Å². The number of allylic oxidation sites excluding steroid dienone is 3. The molecule has 2 aliphatic carbocycles. The van der Waals surface area contributed by atoms with Gasteiger partial charge in [-0.2, -0.15) is 0 Å². The monoisotopic (exact) mass is 288 g/mol. The lowest BCUT2D eigenvalue weighted by Crippen LogP contribution is -2.41. The average Bonchev–Trinajstić information content (AvgIpc) is 2.42. The van der Waals surface area contributed by atoms with Gasteiger partial charge < -0.3 is 0 Å². The van der Waals surface area contributed by atoms with Crippen molar-refractivity contribution in [1.29, 1.82) is 0 Å². The fraction of sp³-hybridized carbons (Fsp3) is 0.684. The minimum atomic E-state index is -0.229. The van der Waals surface area contributed by atoms with Crippen molar-refractivity contribution >= 4 is 11.6 Å². The average molecular weight is 288 g/mol. The normalized spacial score (nSPS) is 33.8. The van der Waals surface area contributed by atoms with Crippen LogP contribution in [0.4, 0.5) is 0 Å². The Labute approximate surface area is 128 Å². The second-order valence-electron chi connectivity index (χ2n) is 7.35. The molecule has 0 saturated heterocycles. The van der Waals surface area contributed by atoms with Crippen LogP contribution in [0.1, 0.15) is 65.7 Å². The van der Waals surface area contributed by atoms with Crippen molar-refractivity contribution in [3.05, 3.63) is 23.8 Å². The fourth-order valence-corrected chi connectivity index (χ4v) is 3.74. The summed E-state index contributed by atoms with van der Waals surface area (Å²) in [6.07, 6.45) is 8.01. The third-order valence-corrected chi connectivity index (χ3v) is 5.74. The van der Waals surface area contributed by atoms with Gasteiger partial charge in [0.25, 0.3) is 0 Å². The first-order valence-corrected chi connectivity index (χ1v) is 8.24. The van der Waals surface area contributed by atoms with Gasteiger partial charge in [-0.05, 0) is 56.9 Å². The maximum absolute atomic E-state index is 12.7. The predicted octanol–water partition coefficient (Wildman–Crippen LogP) is 4.64. The molecule has 0 aromatic heterocycles. The molecule has 0 aromatic carbocycles. The number of ketones is 2. The van der Waals surface area contributed by atoms with E-state index in [0.29, 0.717) is 30.5 Å². The molecule has 2 nitrogen and oxygen atoms in total. The Morgan fingerprint density at radius 1 is 1.38 bits per heavy atom. The lowest BCUT2D eigenvalue weighted by Gasteiger charge is -2.42. The van der Waals surface area contributed by atoms with Crippen LogP contribution in [0.15, 0.2) is 23.8 Å². The van der Waals surface area contributed by atoms with E-state index >= 15 is 0 Å². The maximum atomic E-state index is 12.7. The number of carbonyl (C=O) groups excluding carboxylic acids is 2. The lowest BCUT2D eigenvalue weighted by atomic mass is 9.61. The Kier molecular flexibility index (Phi) is 4.85. The zero-order chi connectivity index (χ0) is 15.6. The highest BCUT2D eigenvalue weighted by Gasteiger charge is 2.43. The van der Waals surface area contributed by atoms with Gasteiger partial charge in [0, 0.05) is 18.3 Å². The van der Waals surface area contributed by atoms with E-state index in [9.17, 15) is 9.59 Å². The Hall–Kier alpha value is -1.18. The minimum absolute atomic E-state index is 0.229. The van der Waals surface area contributed by atoms with Gasteiger partial charge in [0.1, 0.15) is 5.78 Å². The number of carbonyl (C=O) groups is 2. The van der Waals surface area contributed by atoms with Crippen LogP contribution in [0.5, 0.6) is 0 Å². The second kappa shape index (κ2) is 6.29. The summed E-state index contributed by atoms with van der Waals surface area (Å²) in [6.45, 7) is 10.4. The van der Waals surface area contributed by atoms with E-state index in [4.69, 9.17) is 0 Å². The van der Waals surface area contributed by atoms with Gasteiger partial charge in [-0.3, -0.25) is 9.59 Å². The Balaban J connectivity index is 2.02. The molecule has 0 heterocycles. The van der Waals surface area contributed by atoms with E-state index in [2.05, 4.69) is 20.4 Å². The van der Waals surface area contributed by atoms with Crippen molar-refractivity contribution in [2.75, 3.05) is 0 Å². The van der Waals surface area contributed by atoms with E-state index < -0.39 is 0 Å². The highest BCUT2D eigenvalue weighted by Crippen LogP contribution is 2.46. The first-order valence-electron chi connectivity index (χ1n) is 8.24. The van der Waals surface area contributed by atoms with Gasteiger partial charge in [-0.15, -0.1) is 0 Å². The van der Waals surface area contributed by atoms with Crippen molar-refractivity contribution in [2.45, 2.75) is 65.7 Å². The molecule has 2 heteroatoms. The van der Waals surface area contributed by atoms with Gasteiger partial charge in [0.2, 0.25) is 0 Å². The summed E-state index contributed by atoms with van der Waals surface area (Å²) in [7, 11) is 0. The van der Waals surface area contributed by atoms with Crippen molar-refractivity contribution in [3.63, 3.8) is 0 Å². The number of rotatable bonds is 4. The zero-order valence-electron chi connectivity index (χ0n) is 13.7. The molecule has 3 atom stereocenters. The summed E-state index contributed by atoms with van der Waals surface area (Å²) in [5.74, 6) is 1.39. The van der Waals surface area contributed by atoms with Gasteiger partial charge in [-0.25, -0.2) is 0 Å². The summed E-state index contributed by atoms with van der Waals surface area (Å²) in [5, 5.41) is 0. The number of Topliss-reactive ketones (excluding diaryl/α,β-unsaturated/α-hetero) is 1. The Morgan fingerprint density at radius 2 is 2.10 bits per heavy atom. The van der Waals surface area contributed by atoms with Gasteiger partial charge in [0.05, 0.1) is 0 Å². The summed E-state index contributed by atoms with van der Waals surface area (Å²) >= 11 is 0. The standard InChI is InChI=1S/C19H28O2/c1-13(2)16-10-14(3)19(4,18(21)12-16)9-8-15-6-5-7-17(20)11-15/h11,14,16H,1,5-10,12H2,2-4H3/t14-,16-,19+/m0/s1. The fourth-order valence-electron chi connectivity index (χ4n) is 3.74. The van der Waals surface area contributed by atoms with E-state index in [1.165, 1.54) is 5.57 Å². The number of hydrogen-bond acceptors (Lipinski definition) is 2. The first kappa shape index (κ1) is 16.2. The third kappa shape index (κ3) is 3.53. The van der Waals surface area contributed by atoms with E-state index in [1.54, 1.807) is 0 Å². The maximum Gasteiger partial charge on any atom is 0.155 e. The summed E-state index contributed by atoms with van der Waals surface area (Å²) in [4.78, 5) is 24.1. The zero-order valence-corrected chi connectivity index (χ0v) is 13.7. The summed E-state index contributed by atoms with van der Waals surface area (Å²) < 4.78 is 0. The molecular formula is C19H28O2.